The van der Waals surface area contributed by atoms with E-state index in [1.54, 1.807) is 27.8 Å². The van der Waals surface area contributed by atoms with Crippen LogP contribution in [0, 0.1) is 5.82 Å². The molecule has 1 rings (SSSR count). The zero-order valence-corrected chi connectivity index (χ0v) is 11.9. The van der Waals surface area contributed by atoms with Gasteiger partial charge in [-0.25, -0.2) is 17.5 Å². The van der Waals surface area contributed by atoms with Crippen LogP contribution in [0.5, 0.6) is 0 Å². The third-order valence-corrected chi connectivity index (χ3v) is 3.89. The Morgan fingerprint density at radius 2 is 1.89 bits per heavy atom. The lowest BCUT2D eigenvalue weighted by Crippen LogP contribution is -2.40. The van der Waals surface area contributed by atoms with Gasteiger partial charge in [0.2, 0.25) is 10.0 Å². The van der Waals surface area contributed by atoms with Crippen molar-refractivity contribution in [2.24, 2.45) is 0 Å². The maximum Gasteiger partial charge on any atom is 0.241 e. The molecule has 0 aromatic heterocycles. The number of halogens is 1. The number of hydrogen-bond donors (Lipinski definition) is 2. The zero-order valence-electron chi connectivity index (χ0n) is 11.0. The van der Waals surface area contributed by atoms with Gasteiger partial charge in [0.25, 0.3) is 0 Å². The fraction of sp³-hybridized carbons (Fsp3) is 0.500. The van der Waals surface area contributed by atoms with Gasteiger partial charge in [-0.2, -0.15) is 0 Å². The lowest BCUT2D eigenvalue weighted by Gasteiger charge is -2.20. The van der Waals surface area contributed by atoms with Gasteiger partial charge in [0.1, 0.15) is 5.82 Å². The molecule has 2 N–H and O–H groups in total. The molecule has 102 valence electrons. The summed E-state index contributed by atoms with van der Waals surface area (Å²) in [7, 11) is -1.95. The van der Waals surface area contributed by atoms with E-state index in [2.05, 4.69) is 10.0 Å². The first-order valence-electron chi connectivity index (χ1n) is 5.63. The Labute approximate surface area is 108 Å². The third-order valence-electron chi connectivity index (χ3n) is 2.14. The quantitative estimate of drug-likeness (QED) is 0.877. The second-order valence-electron chi connectivity index (χ2n) is 5.14. The predicted molar refractivity (Wildman–Crippen MR) is 69.2 cm³/mol. The molecular formula is C12H19FN2O2S. The van der Waals surface area contributed by atoms with Crippen molar-refractivity contribution in [3.8, 4) is 0 Å². The van der Waals surface area contributed by atoms with Crippen molar-refractivity contribution in [1.29, 1.82) is 0 Å². The third kappa shape index (κ3) is 4.04. The van der Waals surface area contributed by atoms with Crippen molar-refractivity contribution < 1.29 is 12.8 Å². The summed E-state index contributed by atoms with van der Waals surface area (Å²) in [5.74, 6) is -0.418. The van der Waals surface area contributed by atoms with E-state index in [4.69, 9.17) is 0 Å². The van der Waals surface area contributed by atoms with Crippen molar-refractivity contribution in [3.63, 3.8) is 0 Å². The molecule has 0 unspecified atom stereocenters. The normalized spacial score (nSPS) is 12.7. The predicted octanol–water partition coefficient (Wildman–Crippen LogP) is 1.62. The molecular weight excluding hydrogens is 255 g/mol. The molecule has 0 spiro atoms. The van der Waals surface area contributed by atoms with Crippen LogP contribution in [0.1, 0.15) is 26.3 Å². The van der Waals surface area contributed by atoms with Crippen LogP contribution in [0.15, 0.2) is 23.1 Å². The molecule has 1 aromatic carbocycles. The van der Waals surface area contributed by atoms with Gasteiger partial charge in [0, 0.05) is 17.6 Å². The van der Waals surface area contributed by atoms with E-state index in [1.807, 2.05) is 0 Å². The minimum atomic E-state index is -3.62. The Morgan fingerprint density at radius 3 is 2.39 bits per heavy atom. The van der Waals surface area contributed by atoms with Gasteiger partial charge in [-0.1, -0.05) is 0 Å². The maximum absolute atomic E-state index is 13.4. The summed E-state index contributed by atoms with van der Waals surface area (Å²) in [5.41, 5.74) is -0.245. The van der Waals surface area contributed by atoms with Gasteiger partial charge in [0.05, 0.1) is 4.90 Å². The van der Waals surface area contributed by atoms with Gasteiger partial charge in [0.15, 0.2) is 0 Å². The van der Waals surface area contributed by atoms with Gasteiger partial charge >= 0.3 is 0 Å². The van der Waals surface area contributed by atoms with E-state index >= 15 is 0 Å². The molecule has 0 aliphatic heterocycles. The Morgan fingerprint density at radius 1 is 1.28 bits per heavy atom. The maximum atomic E-state index is 13.4. The average molecular weight is 274 g/mol. The van der Waals surface area contributed by atoms with Crippen LogP contribution in [0.2, 0.25) is 0 Å². The fourth-order valence-electron chi connectivity index (χ4n) is 1.51. The zero-order chi connectivity index (χ0) is 14.0. The number of sulfonamides is 1. The van der Waals surface area contributed by atoms with Crippen molar-refractivity contribution in [2.45, 2.75) is 37.8 Å². The number of hydrogen-bond acceptors (Lipinski definition) is 3. The van der Waals surface area contributed by atoms with E-state index in [-0.39, 0.29) is 11.4 Å². The molecule has 0 saturated heterocycles. The summed E-state index contributed by atoms with van der Waals surface area (Å²) < 4.78 is 40.1. The Balaban J connectivity index is 3.14. The van der Waals surface area contributed by atoms with Gasteiger partial charge in [-0.15, -0.1) is 0 Å². The number of nitrogens with one attached hydrogen (secondary N) is 2. The second-order valence-corrected chi connectivity index (χ2v) is 6.82. The van der Waals surface area contributed by atoms with E-state index < -0.39 is 21.4 Å². The summed E-state index contributed by atoms with van der Waals surface area (Å²) in [6.45, 7) is 5.54. The Kier molecular flexibility index (Phi) is 4.47. The minimum Gasteiger partial charge on any atom is -0.316 e. The molecule has 0 amide bonds. The molecule has 0 radical (unpaired) electrons. The molecule has 4 nitrogen and oxygen atoms in total. The number of rotatable bonds is 4. The lowest BCUT2D eigenvalue weighted by molar-refractivity contribution is 0.491. The first-order valence-corrected chi connectivity index (χ1v) is 7.11. The van der Waals surface area contributed by atoms with Gasteiger partial charge in [-0.3, -0.25) is 0 Å². The van der Waals surface area contributed by atoms with E-state index in [1.165, 1.54) is 18.2 Å². The first-order chi connectivity index (χ1) is 8.15. The Bertz CT molecular complexity index is 521. The van der Waals surface area contributed by atoms with Crippen molar-refractivity contribution in [1.82, 2.24) is 10.0 Å². The fourth-order valence-corrected chi connectivity index (χ4v) is 2.97. The van der Waals surface area contributed by atoms with Crippen LogP contribution in [0.4, 0.5) is 4.39 Å². The van der Waals surface area contributed by atoms with Crippen molar-refractivity contribution in [2.75, 3.05) is 7.05 Å². The molecule has 0 saturated carbocycles. The van der Waals surface area contributed by atoms with E-state index in [9.17, 15) is 12.8 Å². The minimum absolute atomic E-state index is 0.0732. The van der Waals surface area contributed by atoms with Crippen molar-refractivity contribution in [3.05, 3.63) is 29.6 Å². The highest BCUT2D eigenvalue weighted by molar-refractivity contribution is 7.89. The summed E-state index contributed by atoms with van der Waals surface area (Å²) in [5, 5.41) is 2.80. The van der Waals surface area contributed by atoms with Gasteiger partial charge in [-0.05, 0) is 46.0 Å². The molecule has 6 heteroatoms. The van der Waals surface area contributed by atoms with Crippen LogP contribution in [0.25, 0.3) is 0 Å². The molecule has 0 aliphatic rings. The van der Waals surface area contributed by atoms with Crippen LogP contribution < -0.4 is 10.0 Å². The standard InChI is InChI=1S/C12H19FN2O2S/c1-12(2,3)15-18(16,17)10-5-6-11(13)9(7-10)8-14-4/h5-7,14-15H,8H2,1-4H3. The summed E-state index contributed by atoms with van der Waals surface area (Å²) >= 11 is 0. The molecule has 0 aliphatic carbocycles. The summed E-state index contributed by atoms with van der Waals surface area (Å²) in [6.07, 6.45) is 0. The molecule has 1 aromatic rings. The van der Waals surface area contributed by atoms with Crippen LogP contribution >= 0.6 is 0 Å². The van der Waals surface area contributed by atoms with Gasteiger partial charge < -0.3 is 5.32 Å². The Hall–Kier alpha value is -0.980. The molecule has 0 fully saturated rings. The highest BCUT2D eigenvalue weighted by atomic mass is 32.2. The van der Waals surface area contributed by atoms with Crippen molar-refractivity contribution >= 4 is 10.0 Å². The van der Waals surface area contributed by atoms with E-state index in [0.29, 0.717) is 5.56 Å². The topological polar surface area (TPSA) is 58.2 Å². The molecule has 18 heavy (non-hydrogen) atoms. The summed E-state index contributed by atoms with van der Waals surface area (Å²) in [4.78, 5) is 0.0732. The first kappa shape index (κ1) is 15.1. The SMILES string of the molecule is CNCc1cc(S(=O)(=O)NC(C)(C)C)ccc1F. The molecule has 0 atom stereocenters. The molecule has 0 heterocycles. The van der Waals surface area contributed by atoms with Crippen LogP contribution in [-0.2, 0) is 16.6 Å². The van der Waals surface area contributed by atoms with E-state index in [0.717, 1.165) is 0 Å². The van der Waals surface area contributed by atoms with Crippen LogP contribution in [0.3, 0.4) is 0 Å². The highest BCUT2D eigenvalue weighted by Crippen LogP contribution is 2.17. The highest BCUT2D eigenvalue weighted by Gasteiger charge is 2.22. The monoisotopic (exact) mass is 274 g/mol. The summed E-state index contributed by atoms with van der Waals surface area (Å²) in [6, 6.07) is 3.78. The average Bonchev–Trinajstić information content (AvgIpc) is 2.17. The number of benzene rings is 1. The lowest BCUT2D eigenvalue weighted by atomic mass is 10.1. The second kappa shape index (κ2) is 5.34. The molecule has 0 bridgehead atoms. The largest absolute Gasteiger partial charge is 0.316 e. The van der Waals surface area contributed by atoms with Crippen LogP contribution in [-0.4, -0.2) is 21.0 Å². The smallest absolute Gasteiger partial charge is 0.241 e.